The van der Waals surface area contributed by atoms with E-state index >= 15 is 0 Å². The number of piperazine rings is 1. The van der Waals surface area contributed by atoms with Crippen molar-refractivity contribution in [2.24, 2.45) is 0 Å². The minimum Gasteiger partial charge on any atom is -0.480 e. The first-order valence-corrected chi connectivity index (χ1v) is 6.78. The molecule has 6 heteroatoms. The molecule has 2 atom stereocenters. The van der Waals surface area contributed by atoms with E-state index in [1.165, 1.54) is 11.3 Å². The maximum atomic E-state index is 11.2. The Morgan fingerprint density at radius 1 is 1.76 bits per heavy atom. The third-order valence-corrected chi connectivity index (χ3v) is 4.25. The molecule has 2 unspecified atom stereocenters. The van der Waals surface area contributed by atoms with Gasteiger partial charge in [-0.05, 0) is 23.9 Å². The maximum absolute atomic E-state index is 11.2. The second-order valence-electron chi connectivity index (χ2n) is 4.16. The highest BCUT2D eigenvalue weighted by molar-refractivity contribution is 7.14. The fraction of sp³-hybridized carbons (Fsp3) is 0.545. The SMILES string of the molecule is CC(c1csc(Cl)c1)N1CCNCC1C(=O)O. The summed E-state index contributed by atoms with van der Waals surface area (Å²) in [5.41, 5.74) is 1.09. The van der Waals surface area contributed by atoms with Crippen molar-refractivity contribution in [1.82, 2.24) is 10.2 Å². The van der Waals surface area contributed by atoms with Crippen LogP contribution in [0.4, 0.5) is 0 Å². The highest BCUT2D eigenvalue weighted by Gasteiger charge is 2.32. The third kappa shape index (κ3) is 2.80. The molecular formula is C11H15ClN2O2S. The topological polar surface area (TPSA) is 52.6 Å². The van der Waals surface area contributed by atoms with Crippen LogP contribution < -0.4 is 5.32 Å². The molecule has 0 radical (unpaired) electrons. The molecule has 94 valence electrons. The number of carboxylic acid groups (broad SMARTS) is 1. The van der Waals surface area contributed by atoms with Crippen LogP contribution in [-0.4, -0.2) is 41.7 Å². The number of hydrogen-bond acceptors (Lipinski definition) is 4. The van der Waals surface area contributed by atoms with Crippen LogP contribution in [0.3, 0.4) is 0 Å². The standard InChI is InChI=1S/C11H15ClN2O2S/c1-7(8-4-10(12)17-6-8)14-3-2-13-5-9(14)11(15)16/h4,6-7,9,13H,2-3,5H2,1H3,(H,15,16). The van der Waals surface area contributed by atoms with Crippen LogP contribution in [0.5, 0.6) is 0 Å². The molecule has 0 aliphatic carbocycles. The van der Waals surface area contributed by atoms with Crippen molar-refractivity contribution in [2.45, 2.75) is 19.0 Å². The molecule has 0 spiro atoms. The lowest BCUT2D eigenvalue weighted by molar-refractivity contribution is -0.145. The van der Waals surface area contributed by atoms with Crippen LogP contribution in [0.1, 0.15) is 18.5 Å². The Labute approximate surface area is 109 Å². The van der Waals surface area contributed by atoms with E-state index in [1.807, 2.05) is 23.3 Å². The Bertz CT molecular complexity index is 410. The predicted octanol–water partition coefficient (Wildman–Crippen LogP) is 1.82. The summed E-state index contributed by atoms with van der Waals surface area (Å²) in [5, 5.41) is 14.3. The minimum atomic E-state index is -0.773. The second-order valence-corrected chi connectivity index (χ2v) is 5.70. The van der Waals surface area contributed by atoms with E-state index in [4.69, 9.17) is 11.6 Å². The zero-order valence-corrected chi connectivity index (χ0v) is 11.1. The summed E-state index contributed by atoms with van der Waals surface area (Å²) < 4.78 is 0.744. The quantitative estimate of drug-likeness (QED) is 0.883. The first-order valence-electron chi connectivity index (χ1n) is 5.53. The van der Waals surface area contributed by atoms with E-state index < -0.39 is 12.0 Å². The van der Waals surface area contributed by atoms with Crippen molar-refractivity contribution >= 4 is 28.9 Å². The summed E-state index contributed by atoms with van der Waals surface area (Å²) in [6, 6.07) is 1.54. The highest BCUT2D eigenvalue weighted by Crippen LogP contribution is 2.29. The minimum absolute atomic E-state index is 0.0851. The molecule has 2 rings (SSSR count). The molecule has 2 N–H and O–H groups in total. The number of thiophene rings is 1. The monoisotopic (exact) mass is 274 g/mol. The van der Waals surface area contributed by atoms with E-state index in [1.54, 1.807) is 0 Å². The smallest absolute Gasteiger partial charge is 0.322 e. The average molecular weight is 275 g/mol. The van der Waals surface area contributed by atoms with E-state index in [0.29, 0.717) is 6.54 Å². The van der Waals surface area contributed by atoms with Crippen molar-refractivity contribution in [2.75, 3.05) is 19.6 Å². The molecule has 1 aromatic heterocycles. The first-order chi connectivity index (χ1) is 8.09. The lowest BCUT2D eigenvalue weighted by atomic mass is 10.1. The number of carbonyl (C=O) groups is 1. The van der Waals surface area contributed by atoms with Gasteiger partial charge in [-0.2, -0.15) is 0 Å². The fourth-order valence-corrected chi connectivity index (χ4v) is 3.12. The molecule has 0 bridgehead atoms. The molecule has 0 aromatic carbocycles. The predicted molar refractivity (Wildman–Crippen MR) is 68.7 cm³/mol. The number of nitrogens with zero attached hydrogens (tertiary/aromatic N) is 1. The van der Waals surface area contributed by atoms with Gasteiger partial charge in [0.2, 0.25) is 0 Å². The van der Waals surface area contributed by atoms with Gasteiger partial charge in [-0.3, -0.25) is 9.69 Å². The number of carboxylic acids is 1. The van der Waals surface area contributed by atoms with Crippen molar-refractivity contribution in [3.05, 3.63) is 21.3 Å². The largest absolute Gasteiger partial charge is 0.480 e. The Kier molecular flexibility index (Phi) is 4.04. The number of aliphatic carboxylic acids is 1. The van der Waals surface area contributed by atoms with Crippen LogP contribution in [0.25, 0.3) is 0 Å². The van der Waals surface area contributed by atoms with Crippen molar-refractivity contribution < 1.29 is 9.90 Å². The molecule has 17 heavy (non-hydrogen) atoms. The van der Waals surface area contributed by atoms with Gasteiger partial charge >= 0.3 is 5.97 Å². The summed E-state index contributed by atoms with van der Waals surface area (Å²) in [6.07, 6.45) is 0. The molecule has 1 saturated heterocycles. The van der Waals surface area contributed by atoms with Gasteiger partial charge in [0.05, 0.1) is 4.34 Å². The molecular weight excluding hydrogens is 260 g/mol. The molecule has 0 amide bonds. The van der Waals surface area contributed by atoms with Crippen molar-refractivity contribution in [3.8, 4) is 0 Å². The molecule has 1 aliphatic rings. The second kappa shape index (κ2) is 5.35. The van der Waals surface area contributed by atoms with Crippen LogP contribution in [0.15, 0.2) is 11.4 Å². The Balaban J connectivity index is 2.16. The third-order valence-electron chi connectivity index (χ3n) is 3.14. The van der Waals surface area contributed by atoms with Crippen LogP contribution >= 0.6 is 22.9 Å². The van der Waals surface area contributed by atoms with Crippen molar-refractivity contribution in [1.29, 1.82) is 0 Å². The van der Waals surface area contributed by atoms with Gasteiger partial charge in [0.25, 0.3) is 0 Å². The maximum Gasteiger partial charge on any atom is 0.322 e. The zero-order chi connectivity index (χ0) is 12.4. The first kappa shape index (κ1) is 12.8. The summed E-state index contributed by atoms with van der Waals surface area (Å²) >= 11 is 7.40. The van der Waals surface area contributed by atoms with E-state index in [-0.39, 0.29) is 6.04 Å². The molecule has 4 nitrogen and oxygen atoms in total. The molecule has 1 fully saturated rings. The highest BCUT2D eigenvalue weighted by atomic mass is 35.5. The van der Waals surface area contributed by atoms with Gasteiger partial charge < -0.3 is 10.4 Å². The molecule has 2 heterocycles. The Morgan fingerprint density at radius 3 is 3.12 bits per heavy atom. The number of halogens is 1. The lowest BCUT2D eigenvalue weighted by Gasteiger charge is -2.37. The fourth-order valence-electron chi connectivity index (χ4n) is 2.15. The number of rotatable bonds is 3. The zero-order valence-electron chi connectivity index (χ0n) is 9.52. The number of nitrogens with one attached hydrogen (secondary N) is 1. The summed E-state index contributed by atoms with van der Waals surface area (Å²) in [7, 11) is 0. The van der Waals surface area contributed by atoms with Gasteiger partial charge in [0.15, 0.2) is 0 Å². The van der Waals surface area contributed by atoms with Gasteiger partial charge in [0, 0.05) is 25.7 Å². The summed E-state index contributed by atoms with van der Waals surface area (Å²) in [6.45, 7) is 4.09. The van der Waals surface area contributed by atoms with Crippen molar-refractivity contribution in [3.63, 3.8) is 0 Å². The van der Waals surface area contributed by atoms with E-state index in [9.17, 15) is 9.90 Å². The van der Waals surface area contributed by atoms with Crippen LogP contribution in [0, 0.1) is 0 Å². The number of hydrogen-bond donors (Lipinski definition) is 2. The molecule has 1 aliphatic heterocycles. The van der Waals surface area contributed by atoms with Gasteiger partial charge in [-0.25, -0.2) is 0 Å². The van der Waals surface area contributed by atoms with E-state index in [2.05, 4.69) is 5.32 Å². The Hall–Kier alpha value is -0.620. The lowest BCUT2D eigenvalue weighted by Crippen LogP contribution is -2.55. The van der Waals surface area contributed by atoms with Crippen LogP contribution in [-0.2, 0) is 4.79 Å². The summed E-state index contributed by atoms with van der Waals surface area (Å²) in [4.78, 5) is 13.2. The van der Waals surface area contributed by atoms with Gasteiger partial charge in [-0.1, -0.05) is 11.6 Å². The molecule has 1 aromatic rings. The molecule has 0 saturated carbocycles. The van der Waals surface area contributed by atoms with Gasteiger partial charge in [0.1, 0.15) is 6.04 Å². The van der Waals surface area contributed by atoms with Gasteiger partial charge in [-0.15, -0.1) is 11.3 Å². The van der Waals surface area contributed by atoms with E-state index in [0.717, 1.165) is 23.0 Å². The van der Waals surface area contributed by atoms with Crippen LogP contribution in [0.2, 0.25) is 4.34 Å². The summed E-state index contributed by atoms with van der Waals surface area (Å²) in [5.74, 6) is -0.773. The normalized spacial score (nSPS) is 23.5. The average Bonchev–Trinajstić information content (AvgIpc) is 2.75. The Morgan fingerprint density at radius 2 is 2.53 bits per heavy atom.